The van der Waals surface area contributed by atoms with Crippen molar-refractivity contribution in [2.45, 2.75) is 20.3 Å². The van der Waals surface area contributed by atoms with Crippen molar-refractivity contribution in [3.05, 3.63) is 11.1 Å². The molecular formula is C11H15N3O4S. The van der Waals surface area contributed by atoms with E-state index < -0.39 is 5.97 Å². The standard InChI is InChI=1S/C11H15N3O4S/c1-4-8(15)13-11-12-7(6-19-11)9(14-17-3)10(16)18-5-2/h6H,4-5H2,1-3H3,(H,12,13,15). The van der Waals surface area contributed by atoms with E-state index in [1.807, 2.05) is 0 Å². The van der Waals surface area contributed by atoms with Crippen LogP contribution in [0.5, 0.6) is 0 Å². The van der Waals surface area contributed by atoms with Gasteiger partial charge in [-0.05, 0) is 6.92 Å². The number of thiazole rings is 1. The van der Waals surface area contributed by atoms with Crippen LogP contribution in [0.15, 0.2) is 10.5 Å². The Balaban J connectivity index is 2.90. The number of rotatable bonds is 6. The molecular weight excluding hydrogens is 270 g/mol. The lowest BCUT2D eigenvalue weighted by Crippen LogP contribution is -2.19. The van der Waals surface area contributed by atoms with Gasteiger partial charge >= 0.3 is 5.97 Å². The van der Waals surface area contributed by atoms with E-state index in [2.05, 4.69) is 20.3 Å². The topological polar surface area (TPSA) is 89.9 Å². The number of aromatic nitrogens is 1. The zero-order valence-electron chi connectivity index (χ0n) is 10.9. The highest BCUT2D eigenvalue weighted by molar-refractivity contribution is 7.14. The molecule has 1 rings (SSSR count). The smallest absolute Gasteiger partial charge is 0.362 e. The van der Waals surface area contributed by atoms with Gasteiger partial charge in [-0.1, -0.05) is 12.1 Å². The maximum absolute atomic E-state index is 11.7. The van der Waals surface area contributed by atoms with Crippen molar-refractivity contribution >= 4 is 34.1 Å². The van der Waals surface area contributed by atoms with Crippen LogP contribution in [-0.4, -0.2) is 36.3 Å². The number of nitrogens with zero attached hydrogens (tertiary/aromatic N) is 2. The van der Waals surface area contributed by atoms with Crippen molar-refractivity contribution in [1.29, 1.82) is 0 Å². The maximum atomic E-state index is 11.7. The molecule has 0 unspecified atom stereocenters. The summed E-state index contributed by atoms with van der Waals surface area (Å²) in [5.41, 5.74) is 0.273. The third kappa shape index (κ3) is 4.32. The molecule has 0 aliphatic heterocycles. The summed E-state index contributed by atoms with van der Waals surface area (Å²) in [6.45, 7) is 3.65. The molecule has 0 spiro atoms. The SMILES string of the molecule is CCOC(=O)C(=NOC)c1csc(NC(=O)CC)n1. The Morgan fingerprint density at radius 2 is 2.21 bits per heavy atom. The Morgan fingerprint density at radius 3 is 2.79 bits per heavy atom. The normalized spacial score (nSPS) is 11.0. The predicted molar refractivity (Wildman–Crippen MR) is 71.2 cm³/mol. The first-order valence-electron chi connectivity index (χ1n) is 5.66. The van der Waals surface area contributed by atoms with Crippen LogP contribution in [-0.2, 0) is 19.2 Å². The third-order valence-corrected chi connectivity index (χ3v) is 2.72. The molecule has 1 aromatic rings. The largest absolute Gasteiger partial charge is 0.461 e. The van der Waals surface area contributed by atoms with Gasteiger partial charge < -0.3 is 14.9 Å². The van der Waals surface area contributed by atoms with E-state index in [1.54, 1.807) is 19.2 Å². The first-order valence-corrected chi connectivity index (χ1v) is 6.54. The molecule has 1 N–H and O–H groups in total. The average Bonchev–Trinajstić information content (AvgIpc) is 2.84. The molecule has 0 aromatic carbocycles. The highest BCUT2D eigenvalue weighted by atomic mass is 32.1. The number of nitrogens with one attached hydrogen (secondary N) is 1. The number of hydrogen-bond donors (Lipinski definition) is 1. The fourth-order valence-electron chi connectivity index (χ4n) is 1.13. The lowest BCUT2D eigenvalue weighted by molar-refractivity contribution is -0.135. The van der Waals surface area contributed by atoms with E-state index in [4.69, 9.17) is 4.74 Å². The summed E-state index contributed by atoms with van der Waals surface area (Å²) < 4.78 is 4.85. The Hall–Kier alpha value is -1.96. The van der Waals surface area contributed by atoms with Gasteiger partial charge in [0.15, 0.2) is 5.13 Å². The van der Waals surface area contributed by atoms with Crippen molar-refractivity contribution in [3.8, 4) is 0 Å². The van der Waals surface area contributed by atoms with Crippen LogP contribution in [0.25, 0.3) is 0 Å². The Labute approximate surface area is 114 Å². The number of amides is 1. The van der Waals surface area contributed by atoms with E-state index in [0.29, 0.717) is 17.2 Å². The highest BCUT2D eigenvalue weighted by Gasteiger charge is 2.20. The highest BCUT2D eigenvalue weighted by Crippen LogP contribution is 2.17. The lowest BCUT2D eigenvalue weighted by atomic mass is 10.3. The lowest BCUT2D eigenvalue weighted by Gasteiger charge is -2.02. The van der Waals surface area contributed by atoms with Crippen LogP contribution in [0.2, 0.25) is 0 Å². The summed E-state index contributed by atoms with van der Waals surface area (Å²) in [4.78, 5) is 31.6. The number of carbonyl (C=O) groups excluding carboxylic acids is 2. The van der Waals surface area contributed by atoms with E-state index >= 15 is 0 Å². The number of ether oxygens (including phenoxy) is 1. The average molecular weight is 285 g/mol. The number of oxime groups is 1. The minimum absolute atomic E-state index is 0.0300. The van der Waals surface area contributed by atoms with E-state index in [1.165, 1.54) is 18.4 Å². The van der Waals surface area contributed by atoms with Crippen LogP contribution in [0, 0.1) is 0 Å². The number of hydrogen-bond acceptors (Lipinski definition) is 7. The van der Waals surface area contributed by atoms with Gasteiger partial charge in [0.25, 0.3) is 0 Å². The minimum atomic E-state index is -0.622. The summed E-state index contributed by atoms with van der Waals surface area (Å²) in [7, 11) is 1.32. The first-order chi connectivity index (χ1) is 9.12. The van der Waals surface area contributed by atoms with E-state index in [0.717, 1.165) is 0 Å². The zero-order chi connectivity index (χ0) is 14.3. The molecule has 8 heteroatoms. The monoisotopic (exact) mass is 285 g/mol. The van der Waals surface area contributed by atoms with Crippen molar-refractivity contribution in [2.24, 2.45) is 5.16 Å². The molecule has 0 saturated carbocycles. The van der Waals surface area contributed by atoms with Crippen molar-refractivity contribution in [1.82, 2.24) is 4.98 Å². The molecule has 1 heterocycles. The molecule has 1 aromatic heterocycles. The van der Waals surface area contributed by atoms with Crippen LogP contribution >= 0.6 is 11.3 Å². The van der Waals surface area contributed by atoms with Crippen LogP contribution in [0.1, 0.15) is 26.0 Å². The molecule has 0 aliphatic carbocycles. The van der Waals surface area contributed by atoms with Crippen molar-refractivity contribution < 1.29 is 19.2 Å². The van der Waals surface area contributed by atoms with Gasteiger partial charge in [-0.3, -0.25) is 4.79 Å². The first kappa shape index (κ1) is 15.1. The Morgan fingerprint density at radius 1 is 1.47 bits per heavy atom. The number of esters is 1. The van der Waals surface area contributed by atoms with Crippen LogP contribution in [0.3, 0.4) is 0 Å². The van der Waals surface area contributed by atoms with Gasteiger partial charge in [-0.2, -0.15) is 0 Å². The van der Waals surface area contributed by atoms with Crippen molar-refractivity contribution in [2.75, 3.05) is 19.0 Å². The molecule has 0 atom stereocenters. The molecule has 104 valence electrons. The molecule has 1 amide bonds. The number of carbonyl (C=O) groups is 2. The molecule has 0 fully saturated rings. The second kappa shape index (κ2) is 7.47. The third-order valence-electron chi connectivity index (χ3n) is 1.97. The summed E-state index contributed by atoms with van der Waals surface area (Å²) in [5, 5.41) is 8.19. The maximum Gasteiger partial charge on any atom is 0.362 e. The van der Waals surface area contributed by atoms with Gasteiger partial charge in [0.1, 0.15) is 12.8 Å². The van der Waals surface area contributed by atoms with Crippen LogP contribution < -0.4 is 5.32 Å². The van der Waals surface area contributed by atoms with Gasteiger partial charge in [-0.25, -0.2) is 9.78 Å². The summed E-state index contributed by atoms with van der Waals surface area (Å²) in [6.07, 6.45) is 0.353. The Kier molecular flexibility index (Phi) is 5.94. The quantitative estimate of drug-likeness (QED) is 0.485. The molecule has 0 bridgehead atoms. The number of anilines is 1. The fraction of sp³-hybridized carbons (Fsp3) is 0.455. The van der Waals surface area contributed by atoms with Crippen LogP contribution in [0.4, 0.5) is 5.13 Å². The van der Waals surface area contributed by atoms with Gasteiger partial charge in [0, 0.05) is 11.8 Å². The van der Waals surface area contributed by atoms with E-state index in [9.17, 15) is 9.59 Å². The van der Waals surface area contributed by atoms with Gasteiger partial charge in [0.05, 0.1) is 6.61 Å². The summed E-state index contributed by atoms with van der Waals surface area (Å²) in [5.74, 6) is -0.773. The molecule has 0 radical (unpaired) electrons. The van der Waals surface area contributed by atoms with Gasteiger partial charge in [-0.15, -0.1) is 11.3 Å². The molecule has 0 aliphatic rings. The minimum Gasteiger partial charge on any atom is -0.461 e. The molecule has 7 nitrogen and oxygen atoms in total. The fourth-order valence-corrected chi connectivity index (χ4v) is 1.84. The summed E-state index contributed by atoms with van der Waals surface area (Å²) in [6, 6.07) is 0. The molecule has 0 saturated heterocycles. The summed E-state index contributed by atoms with van der Waals surface area (Å²) >= 11 is 1.20. The van der Waals surface area contributed by atoms with Gasteiger partial charge in [0.2, 0.25) is 11.6 Å². The second-order valence-electron chi connectivity index (χ2n) is 3.28. The van der Waals surface area contributed by atoms with Crippen molar-refractivity contribution in [3.63, 3.8) is 0 Å². The Bertz CT molecular complexity index is 484. The van der Waals surface area contributed by atoms with E-state index in [-0.39, 0.29) is 18.2 Å². The molecule has 19 heavy (non-hydrogen) atoms. The predicted octanol–water partition coefficient (Wildman–Crippen LogP) is 1.41. The second-order valence-corrected chi connectivity index (χ2v) is 4.14. The zero-order valence-corrected chi connectivity index (χ0v) is 11.7.